The van der Waals surface area contributed by atoms with E-state index in [0.717, 1.165) is 11.1 Å². The predicted molar refractivity (Wildman–Crippen MR) is 74.0 cm³/mol. The average Bonchev–Trinajstić information content (AvgIpc) is 2.36. The zero-order chi connectivity index (χ0) is 15.0. The lowest BCUT2D eigenvalue weighted by Gasteiger charge is -2.23. The van der Waals surface area contributed by atoms with Crippen molar-refractivity contribution in [2.45, 2.75) is 26.1 Å². The molecular formula is C15H19F3N2. The molecule has 0 saturated heterocycles. The van der Waals surface area contributed by atoms with Gasteiger partial charge in [0.05, 0.1) is 13.1 Å². The molecule has 110 valence electrons. The van der Waals surface area contributed by atoms with E-state index >= 15 is 0 Å². The minimum Gasteiger partial charge on any atom is -0.320 e. The van der Waals surface area contributed by atoms with Gasteiger partial charge in [-0.05, 0) is 24.6 Å². The van der Waals surface area contributed by atoms with Crippen LogP contribution in [-0.2, 0) is 6.54 Å². The third kappa shape index (κ3) is 6.09. The molecule has 0 atom stereocenters. The van der Waals surface area contributed by atoms with Crippen molar-refractivity contribution in [3.05, 3.63) is 35.4 Å². The summed E-state index contributed by atoms with van der Waals surface area (Å²) in [5.74, 6) is 5.64. The Kier molecular flexibility index (Phi) is 6.56. The first-order valence-corrected chi connectivity index (χ1v) is 6.52. The molecule has 1 aromatic carbocycles. The summed E-state index contributed by atoms with van der Waals surface area (Å²) in [5, 5.41) is 0. The van der Waals surface area contributed by atoms with Gasteiger partial charge >= 0.3 is 6.18 Å². The standard InChI is InChI=1S/C15H19F3N2/c1-2-10-20(12-15(16,17)18)11-14-7-4-3-6-13(14)8-5-9-19/h3-4,6-7H,2,9-12,19H2,1H3. The second-order valence-electron chi connectivity index (χ2n) is 4.49. The second kappa shape index (κ2) is 7.93. The van der Waals surface area contributed by atoms with Gasteiger partial charge in [0.1, 0.15) is 0 Å². The zero-order valence-electron chi connectivity index (χ0n) is 11.5. The Hall–Kier alpha value is -1.51. The van der Waals surface area contributed by atoms with Gasteiger partial charge in [-0.15, -0.1) is 0 Å². The summed E-state index contributed by atoms with van der Waals surface area (Å²) in [6.07, 6.45) is -3.51. The first-order chi connectivity index (χ1) is 9.46. The Labute approximate surface area is 117 Å². The van der Waals surface area contributed by atoms with E-state index in [2.05, 4.69) is 11.8 Å². The molecule has 0 spiro atoms. The van der Waals surface area contributed by atoms with Crippen LogP contribution in [0.25, 0.3) is 0 Å². The average molecular weight is 284 g/mol. The molecule has 0 amide bonds. The summed E-state index contributed by atoms with van der Waals surface area (Å²) in [6.45, 7) is 1.83. The minimum atomic E-state index is -4.19. The van der Waals surface area contributed by atoms with Crippen molar-refractivity contribution in [3.8, 4) is 11.8 Å². The third-order valence-electron chi connectivity index (χ3n) is 2.68. The number of benzene rings is 1. The van der Waals surface area contributed by atoms with E-state index in [1.807, 2.05) is 13.0 Å². The normalized spacial score (nSPS) is 11.3. The van der Waals surface area contributed by atoms with E-state index < -0.39 is 12.7 Å². The van der Waals surface area contributed by atoms with E-state index in [4.69, 9.17) is 5.73 Å². The van der Waals surface area contributed by atoms with E-state index in [1.54, 1.807) is 18.2 Å². The number of rotatable bonds is 5. The van der Waals surface area contributed by atoms with Gasteiger partial charge < -0.3 is 5.73 Å². The van der Waals surface area contributed by atoms with Gasteiger partial charge in [0.15, 0.2) is 0 Å². The minimum absolute atomic E-state index is 0.232. The smallest absolute Gasteiger partial charge is 0.320 e. The number of nitrogens with two attached hydrogens (primary N) is 1. The summed E-state index contributed by atoms with van der Waals surface area (Å²) in [7, 11) is 0. The Balaban J connectivity index is 2.87. The maximum atomic E-state index is 12.5. The van der Waals surface area contributed by atoms with Crippen LogP contribution in [0.15, 0.2) is 24.3 Å². The molecule has 0 fully saturated rings. The zero-order valence-corrected chi connectivity index (χ0v) is 11.5. The summed E-state index contributed by atoms with van der Waals surface area (Å²) in [6, 6.07) is 7.23. The molecule has 0 unspecified atom stereocenters. The molecule has 0 heterocycles. The maximum Gasteiger partial charge on any atom is 0.401 e. The fourth-order valence-corrected chi connectivity index (χ4v) is 1.95. The largest absolute Gasteiger partial charge is 0.401 e. The summed E-state index contributed by atoms with van der Waals surface area (Å²) >= 11 is 0. The lowest BCUT2D eigenvalue weighted by atomic mass is 10.1. The first kappa shape index (κ1) is 16.5. The Morgan fingerprint density at radius 2 is 1.95 bits per heavy atom. The van der Waals surface area contributed by atoms with Crippen LogP contribution in [0.1, 0.15) is 24.5 Å². The van der Waals surface area contributed by atoms with Crippen molar-refractivity contribution in [1.82, 2.24) is 4.90 Å². The number of alkyl halides is 3. The summed E-state index contributed by atoms with van der Waals surface area (Å²) in [4.78, 5) is 1.39. The Bertz CT molecular complexity index is 472. The van der Waals surface area contributed by atoms with Gasteiger partial charge in [-0.25, -0.2) is 0 Å². The molecule has 0 radical (unpaired) electrons. The maximum absolute atomic E-state index is 12.5. The molecule has 0 bridgehead atoms. The number of hydrogen-bond donors (Lipinski definition) is 1. The van der Waals surface area contributed by atoms with Gasteiger partial charge in [0, 0.05) is 12.1 Å². The summed E-state index contributed by atoms with van der Waals surface area (Å²) in [5.41, 5.74) is 6.86. The molecule has 0 aromatic heterocycles. The Morgan fingerprint density at radius 3 is 2.55 bits per heavy atom. The third-order valence-corrected chi connectivity index (χ3v) is 2.68. The number of nitrogens with zero attached hydrogens (tertiary/aromatic N) is 1. The molecule has 0 aliphatic heterocycles. The van der Waals surface area contributed by atoms with Gasteiger partial charge in [-0.2, -0.15) is 13.2 Å². The molecule has 5 heteroatoms. The molecule has 2 N–H and O–H groups in total. The van der Waals surface area contributed by atoms with Crippen LogP contribution in [-0.4, -0.2) is 30.7 Å². The van der Waals surface area contributed by atoms with Gasteiger partial charge in [0.2, 0.25) is 0 Å². The van der Waals surface area contributed by atoms with Crippen LogP contribution in [0.2, 0.25) is 0 Å². The lowest BCUT2D eigenvalue weighted by molar-refractivity contribution is -0.147. The fourth-order valence-electron chi connectivity index (χ4n) is 1.95. The van der Waals surface area contributed by atoms with Crippen LogP contribution in [0.5, 0.6) is 0 Å². The highest BCUT2D eigenvalue weighted by Crippen LogP contribution is 2.19. The monoisotopic (exact) mass is 284 g/mol. The number of hydrogen-bond acceptors (Lipinski definition) is 2. The molecule has 2 nitrogen and oxygen atoms in total. The van der Waals surface area contributed by atoms with Crippen molar-refractivity contribution >= 4 is 0 Å². The molecule has 0 aliphatic rings. The first-order valence-electron chi connectivity index (χ1n) is 6.52. The highest BCUT2D eigenvalue weighted by Gasteiger charge is 2.30. The van der Waals surface area contributed by atoms with E-state index in [9.17, 15) is 13.2 Å². The van der Waals surface area contributed by atoms with Crippen LogP contribution in [0.4, 0.5) is 13.2 Å². The predicted octanol–water partition coefficient (Wildman–Crippen LogP) is 2.77. The molecular weight excluding hydrogens is 265 g/mol. The van der Waals surface area contributed by atoms with Gasteiger partial charge in [-0.3, -0.25) is 4.90 Å². The van der Waals surface area contributed by atoms with E-state index in [0.29, 0.717) is 13.0 Å². The molecule has 0 saturated carbocycles. The van der Waals surface area contributed by atoms with Crippen LogP contribution in [0.3, 0.4) is 0 Å². The molecule has 0 aliphatic carbocycles. The van der Waals surface area contributed by atoms with Crippen LogP contribution >= 0.6 is 0 Å². The van der Waals surface area contributed by atoms with Crippen LogP contribution in [0, 0.1) is 11.8 Å². The van der Waals surface area contributed by atoms with Crippen molar-refractivity contribution in [2.75, 3.05) is 19.6 Å². The molecule has 1 aromatic rings. The van der Waals surface area contributed by atoms with E-state index in [-0.39, 0.29) is 13.1 Å². The second-order valence-corrected chi connectivity index (χ2v) is 4.49. The van der Waals surface area contributed by atoms with Gasteiger partial charge in [0.25, 0.3) is 0 Å². The molecule has 1 rings (SSSR count). The van der Waals surface area contributed by atoms with E-state index in [1.165, 1.54) is 4.90 Å². The quantitative estimate of drug-likeness (QED) is 0.842. The fraction of sp³-hybridized carbons (Fsp3) is 0.467. The number of halogens is 3. The lowest BCUT2D eigenvalue weighted by Crippen LogP contribution is -2.34. The van der Waals surface area contributed by atoms with Gasteiger partial charge in [-0.1, -0.05) is 37.0 Å². The molecule has 20 heavy (non-hydrogen) atoms. The van der Waals surface area contributed by atoms with Crippen molar-refractivity contribution in [3.63, 3.8) is 0 Å². The van der Waals surface area contributed by atoms with Crippen molar-refractivity contribution in [1.29, 1.82) is 0 Å². The Morgan fingerprint density at radius 1 is 1.25 bits per heavy atom. The SMILES string of the molecule is CCCN(Cc1ccccc1C#CCN)CC(F)(F)F. The highest BCUT2D eigenvalue weighted by molar-refractivity contribution is 5.41. The van der Waals surface area contributed by atoms with Crippen LogP contribution < -0.4 is 5.73 Å². The van der Waals surface area contributed by atoms with Crippen molar-refractivity contribution in [2.24, 2.45) is 5.73 Å². The topological polar surface area (TPSA) is 29.3 Å². The highest BCUT2D eigenvalue weighted by atomic mass is 19.4. The van der Waals surface area contributed by atoms with Crippen molar-refractivity contribution < 1.29 is 13.2 Å². The summed E-state index contributed by atoms with van der Waals surface area (Å²) < 4.78 is 37.6.